The fourth-order valence-electron chi connectivity index (χ4n) is 4.33. The number of hydrazine groups is 1. The van der Waals surface area contributed by atoms with E-state index in [0.717, 1.165) is 11.8 Å². The monoisotopic (exact) mass is 424 g/mol. The van der Waals surface area contributed by atoms with Crippen LogP contribution < -0.4 is 10.9 Å². The average molecular weight is 425 g/mol. The first kappa shape index (κ1) is 20.1. The van der Waals surface area contributed by atoms with Crippen molar-refractivity contribution >= 4 is 17.5 Å². The molecule has 2 aromatic rings. The van der Waals surface area contributed by atoms with Crippen LogP contribution in [-0.4, -0.2) is 34.4 Å². The minimum absolute atomic E-state index is 0.0121. The number of halogens is 4. The number of rotatable bonds is 2. The van der Waals surface area contributed by atoms with Gasteiger partial charge < -0.3 is 4.90 Å². The highest BCUT2D eigenvalue weighted by molar-refractivity contribution is 6.34. The lowest BCUT2D eigenvalue weighted by atomic mass is 9.81. The van der Waals surface area contributed by atoms with E-state index in [0.29, 0.717) is 13.0 Å². The number of nitrogens with one attached hydrogen (secondary N) is 2. The number of hydrogen-bond donors (Lipinski definition) is 2. The summed E-state index contributed by atoms with van der Waals surface area (Å²) in [5, 5.41) is -0.553. The molecule has 154 valence electrons. The molecule has 4 unspecified atom stereocenters. The number of amides is 1. The van der Waals surface area contributed by atoms with Crippen molar-refractivity contribution < 1.29 is 18.0 Å². The zero-order valence-electron chi connectivity index (χ0n) is 15.6. The van der Waals surface area contributed by atoms with Crippen molar-refractivity contribution in [1.82, 2.24) is 20.7 Å². The Labute approximate surface area is 171 Å². The van der Waals surface area contributed by atoms with E-state index in [2.05, 4.69) is 15.8 Å². The second-order valence-electron chi connectivity index (χ2n) is 7.40. The van der Waals surface area contributed by atoms with Crippen LogP contribution in [0.15, 0.2) is 42.6 Å². The minimum Gasteiger partial charge on any atom is -0.334 e. The Balaban J connectivity index is 1.56. The maximum atomic E-state index is 13.2. The Morgan fingerprint density at radius 1 is 1.21 bits per heavy atom. The summed E-state index contributed by atoms with van der Waals surface area (Å²) in [6, 6.07) is 8.90. The van der Waals surface area contributed by atoms with Gasteiger partial charge in [0.2, 0.25) is 0 Å². The summed E-state index contributed by atoms with van der Waals surface area (Å²) < 4.78 is 39.5. The van der Waals surface area contributed by atoms with Gasteiger partial charge in [0.1, 0.15) is 0 Å². The number of piperidine rings is 1. The molecule has 5 nitrogen and oxygen atoms in total. The number of carbonyl (C=O) groups is 1. The minimum atomic E-state index is -4.61. The summed E-state index contributed by atoms with van der Waals surface area (Å²) in [7, 11) is 0. The lowest BCUT2D eigenvalue weighted by Crippen LogP contribution is -2.56. The molecule has 0 bridgehead atoms. The first-order chi connectivity index (χ1) is 13.8. The number of nitrogens with zero attached hydrogens (tertiary/aromatic N) is 2. The zero-order chi connectivity index (χ0) is 20.8. The lowest BCUT2D eigenvalue weighted by molar-refractivity contribution is -0.137. The molecule has 2 saturated heterocycles. The number of likely N-dealkylation sites (tertiary alicyclic amines) is 1. The molecule has 0 radical (unpaired) electrons. The summed E-state index contributed by atoms with van der Waals surface area (Å²) in [5.74, 6) is -0.281. The van der Waals surface area contributed by atoms with Gasteiger partial charge in [-0.15, -0.1) is 0 Å². The number of hydrogen-bond acceptors (Lipinski definition) is 4. The largest absolute Gasteiger partial charge is 0.417 e. The second-order valence-corrected chi connectivity index (χ2v) is 7.78. The Kier molecular flexibility index (Phi) is 5.27. The maximum absolute atomic E-state index is 13.2. The van der Waals surface area contributed by atoms with Crippen molar-refractivity contribution in [3.05, 3.63) is 64.4 Å². The number of benzene rings is 1. The third kappa shape index (κ3) is 3.60. The van der Waals surface area contributed by atoms with Gasteiger partial charge in [-0.1, -0.05) is 23.7 Å². The highest BCUT2D eigenvalue weighted by Gasteiger charge is 2.46. The van der Waals surface area contributed by atoms with E-state index in [4.69, 9.17) is 11.6 Å². The molecule has 1 amide bonds. The van der Waals surface area contributed by atoms with Crippen molar-refractivity contribution in [3.8, 4) is 0 Å². The highest BCUT2D eigenvalue weighted by atomic mass is 35.5. The van der Waals surface area contributed by atoms with Gasteiger partial charge in [-0.3, -0.25) is 15.2 Å². The first-order valence-corrected chi connectivity index (χ1v) is 9.75. The molecule has 0 saturated carbocycles. The van der Waals surface area contributed by atoms with Crippen molar-refractivity contribution in [1.29, 1.82) is 0 Å². The van der Waals surface area contributed by atoms with Crippen LogP contribution in [0.2, 0.25) is 5.02 Å². The van der Waals surface area contributed by atoms with Gasteiger partial charge in [-0.25, -0.2) is 5.43 Å². The first-order valence-electron chi connectivity index (χ1n) is 9.37. The van der Waals surface area contributed by atoms with Crippen molar-refractivity contribution in [2.45, 2.75) is 37.6 Å². The fraction of sp³-hybridized carbons (Fsp3) is 0.400. The Morgan fingerprint density at radius 2 is 2.00 bits per heavy atom. The van der Waals surface area contributed by atoms with Crippen LogP contribution in [0.3, 0.4) is 0 Å². The Morgan fingerprint density at radius 3 is 2.69 bits per heavy atom. The molecule has 0 spiro atoms. The number of pyridine rings is 1. The topological polar surface area (TPSA) is 57.3 Å². The van der Waals surface area contributed by atoms with Gasteiger partial charge in [0.05, 0.1) is 27.9 Å². The number of aromatic nitrogens is 1. The van der Waals surface area contributed by atoms with Crippen LogP contribution in [-0.2, 0) is 6.18 Å². The SMILES string of the molecule is CC1C2NNC(c3ccccn3)C2CCN1C(=O)c1cccc(C(F)(F)F)c1Cl. The molecule has 3 heterocycles. The molecule has 4 atom stereocenters. The van der Waals surface area contributed by atoms with Crippen molar-refractivity contribution in [3.63, 3.8) is 0 Å². The molecule has 2 fully saturated rings. The molecular weight excluding hydrogens is 405 g/mol. The van der Waals surface area contributed by atoms with E-state index < -0.39 is 22.7 Å². The highest BCUT2D eigenvalue weighted by Crippen LogP contribution is 2.39. The molecule has 4 rings (SSSR count). The molecule has 2 aliphatic heterocycles. The third-order valence-corrected chi connectivity index (χ3v) is 6.22. The average Bonchev–Trinajstić information content (AvgIpc) is 3.13. The molecule has 9 heteroatoms. The van der Waals surface area contributed by atoms with E-state index in [1.807, 2.05) is 25.1 Å². The van der Waals surface area contributed by atoms with E-state index >= 15 is 0 Å². The summed E-state index contributed by atoms with van der Waals surface area (Å²) in [6.07, 6.45) is -2.18. The van der Waals surface area contributed by atoms with E-state index in [1.54, 1.807) is 11.1 Å². The maximum Gasteiger partial charge on any atom is 0.417 e. The van der Waals surface area contributed by atoms with Gasteiger partial charge in [-0.2, -0.15) is 13.2 Å². The van der Waals surface area contributed by atoms with E-state index in [1.165, 1.54) is 12.1 Å². The lowest BCUT2D eigenvalue weighted by Gasteiger charge is -2.41. The Hall–Kier alpha value is -2.16. The number of fused-ring (bicyclic) bond motifs is 1. The summed E-state index contributed by atoms with van der Waals surface area (Å²) in [5.41, 5.74) is 6.30. The number of carbonyl (C=O) groups excluding carboxylic acids is 1. The molecular formula is C20H20ClF3N4O. The molecule has 1 aromatic heterocycles. The second kappa shape index (κ2) is 7.59. The number of alkyl halides is 3. The van der Waals surface area contributed by atoms with Crippen LogP contribution in [0.1, 0.15) is 41.0 Å². The van der Waals surface area contributed by atoms with Gasteiger partial charge in [-0.05, 0) is 37.6 Å². The van der Waals surface area contributed by atoms with Gasteiger partial charge >= 0.3 is 6.18 Å². The molecule has 2 N–H and O–H groups in total. The van der Waals surface area contributed by atoms with Gasteiger partial charge in [0, 0.05) is 30.7 Å². The predicted octanol–water partition coefficient (Wildman–Crippen LogP) is 3.82. The molecule has 0 aliphatic carbocycles. The smallest absolute Gasteiger partial charge is 0.334 e. The standard InChI is InChI=1S/C20H20ClF3N4O/c1-11-17-13(18(27-26-17)15-7-2-3-9-25-15)8-10-28(11)19(29)12-5-4-6-14(16(12)21)20(22,23)24/h2-7,9,11,13,17-18,26-27H,8,10H2,1H3. The van der Waals surface area contributed by atoms with E-state index in [9.17, 15) is 18.0 Å². The summed E-state index contributed by atoms with van der Waals surface area (Å²) in [4.78, 5) is 19.1. The summed E-state index contributed by atoms with van der Waals surface area (Å²) in [6.45, 7) is 2.33. The van der Waals surface area contributed by atoms with Crippen LogP contribution in [0, 0.1) is 5.92 Å². The van der Waals surface area contributed by atoms with E-state index in [-0.39, 0.29) is 29.6 Å². The van der Waals surface area contributed by atoms with Crippen molar-refractivity contribution in [2.24, 2.45) is 5.92 Å². The van der Waals surface area contributed by atoms with Crippen molar-refractivity contribution in [2.75, 3.05) is 6.54 Å². The summed E-state index contributed by atoms with van der Waals surface area (Å²) >= 11 is 5.97. The quantitative estimate of drug-likeness (QED) is 0.769. The molecule has 29 heavy (non-hydrogen) atoms. The van der Waals surface area contributed by atoms with Gasteiger partial charge in [0.25, 0.3) is 5.91 Å². The molecule has 2 aliphatic rings. The van der Waals surface area contributed by atoms with Crippen LogP contribution >= 0.6 is 11.6 Å². The molecule has 1 aromatic carbocycles. The zero-order valence-corrected chi connectivity index (χ0v) is 16.3. The van der Waals surface area contributed by atoms with Crippen LogP contribution in [0.4, 0.5) is 13.2 Å². The van der Waals surface area contributed by atoms with Crippen LogP contribution in [0.5, 0.6) is 0 Å². The van der Waals surface area contributed by atoms with Gasteiger partial charge in [0.15, 0.2) is 0 Å². The predicted molar refractivity (Wildman–Crippen MR) is 102 cm³/mol. The fourth-order valence-corrected chi connectivity index (χ4v) is 4.64. The van der Waals surface area contributed by atoms with Crippen LogP contribution in [0.25, 0.3) is 0 Å². The Bertz CT molecular complexity index is 908. The normalized spacial score (nSPS) is 27.0. The third-order valence-electron chi connectivity index (χ3n) is 5.81.